The van der Waals surface area contributed by atoms with E-state index in [9.17, 15) is 18.1 Å². The lowest BCUT2D eigenvalue weighted by molar-refractivity contribution is 0.465. The molecule has 2 rings (SSSR count). The molecule has 0 saturated carbocycles. The number of sulfonamides is 1. The van der Waals surface area contributed by atoms with Gasteiger partial charge in [-0.1, -0.05) is 12.1 Å². The summed E-state index contributed by atoms with van der Waals surface area (Å²) < 4.78 is 36.4. The second-order valence-electron chi connectivity index (χ2n) is 4.14. The fraction of sp³-hybridized carbons (Fsp3) is 0.167. The van der Waals surface area contributed by atoms with Crippen LogP contribution in [0.3, 0.4) is 0 Å². The highest BCUT2D eigenvalue weighted by Gasteiger charge is 2.16. The molecule has 1 unspecified atom stereocenters. The van der Waals surface area contributed by atoms with Crippen LogP contribution in [0.25, 0.3) is 10.8 Å². The maximum atomic E-state index is 11.5. The largest absolute Gasteiger partial charge is 0.612 e. The lowest BCUT2D eigenvalue weighted by atomic mass is 10.1. The predicted octanol–water partition coefficient (Wildman–Crippen LogP) is 1.65. The lowest BCUT2D eigenvalue weighted by Gasteiger charge is -2.12. The highest BCUT2D eigenvalue weighted by molar-refractivity contribution is 7.92. The first-order valence-electron chi connectivity index (χ1n) is 5.35. The Kier molecular flexibility index (Phi) is 3.62. The van der Waals surface area contributed by atoms with E-state index < -0.39 is 21.2 Å². The summed E-state index contributed by atoms with van der Waals surface area (Å²) in [7, 11) is -3.40. The maximum absolute atomic E-state index is 11.5. The van der Waals surface area contributed by atoms with E-state index in [-0.39, 0.29) is 5.75 Å². The minimum atomic E-state index is -3.40. The van der Waals surface area contributed by atoms with Gasteiger partial charge in [0.1, 0.15) is 6.26 Å². The Morgan fingerprint density at radius 1 is 1.21 bits per heavy atom. The van der Waals surface area contributed by atoms with Crippen LogP contribution in [0.15, 0.2) is 35.2 Å². The number of nitrogens with one attached hydrogen (secondary N) is 1. The van der Waals surface area contributed by atoms with Gasteiger partial charge in [0.2, 0.25) is 10.0 Å². The topological polar surface area (TPSA) is 89.5 Å². The molecule has 5 nitrogen and oxygen atoms in total. The summed E-state index contributed by atoms with van der Waals surface area (Å²) in [6, 6.07) is 8.04. The van der Waals surface area contributed by atoms with E-state index in [1.807, 2.05) is 0 Å². The number of hydrogen-bond acceptors (Lipinski definition) is 4. The van der Waals surface area contributed by atoms with E-state index in [1.54, 1.807) is 24.3 Å². The van der Waals surface area contributed by atoms with Gasteiger partial charge in [-0.2, -0.15) is 0 Å². The summed E-state index contributed by atoms with van der Waals surface area (Å²) in [5.41, 5.74) is 0.378. The van der Waals surface area contributed by atoms with Crippen molar-refractivity contribution in [2.75, 3.05) is 17.2 Å². The molecule has 0 aliphatic rings. The van der Waals surface area contributed by atoms with Crippen LogP contribution in [0.2, 0.25) is 0 Å². The van der Waals surface area contributed by atoms with Crippen LogP contribution in [-0.4, -0.2) is 30.6 Å². The molecular formula is C12H13NO4S2. The molecule has 0 amide bonds. The fourth-order valence-corrected chi connectivity index (χ4v) is 3.06. The predicted molar refractivity (Wildman–Crippen MR) is 76.4 cm³/mol. The van der Waals surface area contributed by atoms with Crippen LogP contribution in [0, 0.1) is 0 Å². The number of anilines is 1. The van der Waals surface area contributed by atoms with Gasteiger partial charge in [0, 0.05) is 10.8 Å². The highest BCUT2D eigenvalue weighted by atomic mass is 32.2. The van der Waals surface area contributed by atoms with Gasteiger partial charge >= 0.3 is 0 Å². The minimum absolute atomic E-state index is 0.0875. The lowest BCUT2D eigenvalue weighted by Crippen LogP contribution is -2.09. The van der Waals surface area contributed by atoms with Crippen molar-refractivity contribution in [3.8, 4) is 5.75 Å². The SMILES string of the molecule is C[S+]([O-])c1ccc2c(NS(C)(=O)=O)cccc2c1O. The number of aromatic hydroxyl groups is 1. The third-order valence-electron chi connectivity index (χ3n) is 2.60. The molecule has 0 spiro atoms. The van der Waals surface area contributed by atoms with E-state index in [0.29, 0.717) is 21.4 Å². The van der Waals surface area contributed by atoms with E-state index in [4.69, 9.17) is 0 Å². The third-order valence-corrected chi connectivity index (χ3v) is 4.14. The number of hydrogen-bond donors (Lipinski definition) is 2. The molecule has 0 radical (unpaired) electrons. The zero-order valence-corrected chi connectivity index (χ0v) is 12.0. The summed E-state index contributed by atoms with van der Waals surface area (Å²) in [4.78, 5) is 0.323. The number of phenols is 1. The molecular weight excluding hydrogens is 286 g/mol. The average molecular weight is 299 g/mol. The molecule has 19 heavy (non-hydrogen) atoms. The van der Waals surface area contributed by atoms with E-state index in [1.165, 1.54) is 12.3 Å². The van der Waals surface area contributed by atoms with Crippen molar-refractivity contribution in [1.29, 1.82) is 0 Å². The van der Waals surface area contributed by atoms with Crippen molar-refractivity contribution in [2.45, 2.75) is 4.90 Å². The van der Waals surface area contributed by atoms with Crippen molar-refractivity contribution in [3.05, 3.63) is 30.3 Å². The number of benzene rings is 2. The zero-order valence-electron chi connectivity index (χ0n) is 10.4. The van der Waals surface area contributed by atoms with Gasteiger partial charge in [0.25, 0.3) is 0 Å². The Balaban J connectivity index is 2.68. The number of rotatable bonds is 3. The molecule has 2 aromatic carbocycles. The smallest absolute Gasteiger partial charge is 0.229 e. The van der Waals surface area contributed by atoms with Crippen LogP contribution in [0.4, 0.5) is 5.69 Å². The van der Waals surface area contributed by atoms with Gasteiger partial charge in [-0.05, 0) is 29.4 Å². The third kappa shape index (κ3) is 2.94. The molecule has 0 bridgehead atoms. The van der Waals surface area contributed by atoms with Gasteiger partial charge < -0.3 is 9.66 Å². The second-order valence-corrected chi connectivity index (χ2v) is 7.24. The number of phenolic OH excluding ortho intramolecular Hbond substituents is 1. The van der Waals surface area contributed by atoms with Gasteiger partial charge in [0.05, 0.1) is 11.9 Å². The quantitative estimate of drug-likeness (QED) is 0.843. The van der Waals surface area contributed by atoms with Crippen molar-refractivity contribution in [3.63, 3.8) is 0 Å². The monoisotopic (exact) mass is 299 g/mol. The molecule has 2 aromatic rings. The number of fused-ring (bicyclic) bond motifs is 1. The van der Waals surface area contributed by atoms with Gasteiger partial charge in [-0.25, -0.2) is 8.42 Å². The molecule has 0 fully saturated rings. The van der Waals surface area contributed by atoms with Crippen molar-refractivity contribution in [2.24, 2.45) is 0 Å². The summed E-state index contributed by atoms with van der Waals surface area (Å²) in [6.45, 7) is 0. The normalized spacial score (nSPS) is 13.4. The summed E-state index contributed by atoms with van der Waals surface area (Å²) in [6.07, 6.45) is 2.53. The van der Waals surface area contributed by atoms with E-state index >= 15 is 0 Å². The Labute approximate surface area is 114 Å². The second kappa shape index (κ2) is 4.92. The molecule has 102 valence electrons. The maximum Gasteiger partial charge on any atom is 0.229 e. The Bertz CT molecular complexity index is 726. The first-order valence-corrected chi connectivity index (χ1v) is 8.80. The summed E-state index contributed by atoms with van der Waals surface area (Å²) in [5, 5.41) is 11.1. The Morgan fingerprint density at radius 2 is 1.89 bits per heavy atom. The van der Waals surface area contributed by atoms with Crippen LogP contribution >= 0.6 is 0 Å². The van der Waals surface area contributed by atoms with Crippen molar-refractivity contribution >= 4 is 37.7 Å². The molecule has 7 heteroatoms. The molecule has 2 N–H and O–H groups in total. The highest BCUT2D eigenvalue weighted by Crippen LogP contribution is 2.35. The van der Waals surface area contributed by atoms with Crippen LogP contribution in [0.1, 0.15) is 0 Å². The molecule has 0 aromatic heterocycles. The summed E-state index contributed by atoms with van der Waals surface area (Å²) >= 11 is -1.31. The Morgan fingerprint density at radius 3 is 2.47 bits per heavy atom. The van der Waals surface area contributed by atoms with E-state index in [2.05, 4.69) is 4.72 Å². The van der Waals surface area contributed by atoms with Gasteiger partial charge in [0.15, 0.2) is 10.6 Å². The Hall–Kier alpha value is -1.44. The molecule has 1 atom stereocenters. The van der Waals surface area contributed by atoms with Gasteiger partial charge in [-0.3, -0.25) is 4.72 Å². The fourth-order valence-electron chi connectivity index (χ4n) is 1.84. The molecule has 0 saturated heterocycles. The van der Waals surface area contributed by atoms with Crippen molar-refractivity contribution in [1.82, 2.24) is 0 Å². The first kappa shape index (κ1) is 14.0. The zero-order chi connectivity index (χ0) is 14.2. The van der Waals surface area contributed by atoms with Gasteiger partial charge in [-0.15, -0.1) is 0 Å². The van der Waals surface area contributed by atoms with Crippen LogP contribution < -0.4 is 4.72 Å². The van der Waals surface area contributed by atoms with Crippen LogP contribution in [0.5, 0.6) is 5.75 Å². The van der Waals surface area contributed by atoms with Crippen molar-refractivity contribution < 1.29 is 18.1 Å². The standard InChI is InChI=1S/C12H13NO4S2/c1-18(15)11-7-6-8-9(12(11)14)4-3-5-10(8)13-19(2,16)17/h3-7,13-14H,1-2H3. The average Bonchev–Trinajstić information content (AvgIpc) is 2.28. The minimum Gasteiger partial charge on any atom is -0.612 e. The van der Waals surface area contributed by atoms with E-state index in [0.717, 1.165) is 6.26 Å². The summed E-state index contributed by atoms with van der Waals surface area (Å²) in [5.74, 6) is -0.0875. The first-order chi connectivity index (χ1) is 8.79. The molecule has 0 aliphatic carbocycles. The van der Waals surface area contributed by atoms with Crippen LogP contribution in [-0.2, 0) is 21.2 Å². The molecule has 0 aliphatic heterocycles. The molecule has 0 heterocycles.